The first kappa shape index (κ1) is 13.7. The topological polar surface area (TPSA) is 57.2 Å². The second-order valence-electron chi connectivity index (χ2n) is 3.16. The summed E-state index contributed by atoms with van der Waals surface area (Å²) in [6.45, 7) is 5.28. The molecule has 1 aromatic carbocycles. The van der Waals surface area contributed by atoms with E-state index in [1.54, 1.807) is 19.9 Å². The second-order valence-corrected chi connectivity index (χ2v) is 4.50. The summed E-state index contributed by atoms with van der Waals surface area (Å²) in [5, 5.41) is 0. The van der Waals surface area contributed by atoms with Crippen LogP contribution in [0.25, 0.3) is 0 Å². The van der Waals surface area contributed by atoms with Crippen molar-refractivity contribution in [1.82, 2.24) is 0 Å². The van der Waals surface area contributed by atoms with E-state index in [1.165, 1.54) is 6.07 Å². The van der Waals surface area contributed by atoms with Crippen molar-refractivity contribution in [3.8, 4) is 0 Å². The summed E-state index contributed by atoms with van der Waals surface area (Å²) in [7, 11) is -4.32. The van der Waals surface area contributed by atoms with Gasteiger partial charge in [-0.15, -0.1) is 0 Å². The fraction of sp³-hybridized carbons (Fsp3) is 0.333. The maximum atomic E-state index is 10.8. The zero-order chi connectivity index (χ0) is 10.2. The predicted octanol–water partition coefficient (Wildman–Crippen LogP) is -1.48. The van der Waals surface area contributed by atoms with Gasteiger partial charge in [-0.25, -0.2) is 8.42 Å². The van der Waals surface area contributed by atoms with E-state index in [0.717, 1.165) is 11.1 Å². The molecule has 3 nitrogen and oxygen atoms in total. The molecular weight excluding hydrogens is 195 g/mol. The Kier molecular flexibility index (Phi) is 4.41. The molecule has 0 aromatic heterocycles. The van der Waals surface area contributed by atoms with Crippen LogP contribution in [0.2, 0.25) is 0 Å². The molecule has 0 saturated heterocycles. The van der Waals surface area contributed by atoms with Gasteiger partial charge in [-0.2, -0.15) is 0 Å². The number of hydrogen-bond acceptors (Lipinski definition) is 3. The normalized spacial score (nSPS) is 10.9. The Morgan fingerprint density at radius 1 is 1.00 bits per heavy atom. The van der Waals surface area contributed by atoms with Crippen molar-refractivity contribution >= 4 is 10.1 Å². The standard InChI is InChI=1S/C9H12O3S.Li/c1-6-4-8(3)9(5-7(6)2)13(10,11)12;/h4-5H,1-3H3,(H,10,11,12);/q;+1/p-1. The van der Waals surface area contributed by atoms with Crippen molar-refractivity contribution in [3.63, 3.8) is 0 Å². The van der Waals surface area contributed by atoms with E-state index in [2.05, 4.69) is 0 Å². The molecule has 0 fully saturated rings. The molecule has 0 aliphatic heterocycles. The Labute approximate surface area is 96.5 Å². The molecule has 0 aliphatic rings. The van der Waals surface area contributed by atoms with E-state index >= 15 is 0 Å². The van der Waals surface area contributed by atoms with Crippen LogP contribution in [0.15, 0.2) is 17.0 Å². The van der Waals surface area contributed by atoms with Crippen LogP contribution in [0.5, 0.6) is 0 Å². The number of aryl methyl sites for hydroxylation is 3. The molecule has 72 valence electrons. The summed E-state index contributed by atoms with van der Waals surface area (Å²) in [4.78, 5) is -0.115. The van der Waals surface area contributed by atoms with Gasteiger partial charge in [-0.3, -0.25) is 0 Å². The fourth-order valence-electron chi connectivity index (χ4n) is 1.20. The Hall–Kier alpha value is -0.273. The SMILES string of the molecule is Cc1cc(C)c(S(=O)(=O)[O-])cc1C.[Li+]. The van der Waals surface area contributed by atoms with Crippen LogP contribution in [0.4, 0.5) is 0 Å². The molecule has 0 radical (unpaired) electrons. The maximum absolute atomic E-state index is 10.8. The van der Waals surface area contributed by atoms with E-state index in [0.29, 0.717) is 5.56 Å². The summed E-state index contributed by atoms with van der Waals surface area (Å²) in [5.41, 5.74) is 2.32. The first-order chi connectivity index (χ1) is 5.82. The molecule has 5 heteroatoms. The molecule has 0 N–H and O–H groups in total. The Morgan fingerprint density at radius 2 is 1.43 bits per heavy atom. The minimum Gasteiger partial charge on any atom is -0.744 e. The monoisotopic (exact) mass is 206 g/mol. The minimum atomic E-state index is -4.32. The first-order valence-electron chi connectivity index (χ1n) is 3.86. The Balaban J connectivity index is 0.00000169. The van der Waals surface area contributed by atoms with Crippen molar-refractivity contribution in [2.75, 3.05) is 0 Å². The van der Waals surface area contributed by atoms with Gasteiger partial charge in [-0.1, -0.05) is 6.07 Å². The van der Waals surface area contributed by atoms with Crippen LogP contribution in [-0.2, 0) is 10.1 Å². The molecule has 1 aromatic rings. The van der Waals surface area contributed by atoms with E-state index in [4.69, 9.17) is 0 Å². The van der Waals surface area contributed by atoms with Crippen LogP contribution >= 0.6 is 0 Å². The van der Waals surface area contributed by atoms with Gasteiger partial charge in [0.25, 0.3) is 0 Å². The molecule has 0 unspecified atom stereocenters. The van der Waals surface area contributed by atoms with E-state index in [9.17, 15) is 13.0 Å². The zero-order valence-electron chi connectivity index (χ0n) is 8.79. The van der Waals surface area contributed by atoms with Gasteiger partial charge in [0.15, 0.2) is 0 Å². The van der Waals surface area contributed by atoms with Crippen LogP contribution < -0.4 is 18.9 Å². The average molecular weight is 206 g/mol. The van der Waals surface area contributed by atoms with Crippen molar-refractivity contribution in [2.24, 2.45) is 0 Å². The van der Waals surface area contributed by atoms with Gasteiger partial charge in [0.2, 0.25) is 0 Å². The third-order valence-electron chi connectivity index (χ3n) is 2.06. The molecule has 0 aliphatic carbocycles. The van der Waals surface area contributed by atoms with Gasteiger partial charge >= 0.3 is 18.9 Å². The van der Waals surface area contributed by atoms with Crippen molar-refractivity contribution in [3.05, 3.63) is 28.8 Å². The second kappa shape index (κ2) is 4.50. The van der Waals surface area contributed by atoms with Crippen LogP contribution in [0.1, 0.15) is 16.7 Å². The molecule has 0 heterocycles. The van der Waals surface area contributed by atoms with Crippen molar-refractivity contribution in [1.29, 1.82) is 0 Å². The van der Waals surface area contributed by atoms with Crippen molar-refractivity contribution in [2.45, 2.75) is 25.7 Å². The van der Waals surface area contributed by atoms with E-state index in [1.807, 2.05) is 6.92 Å². The number of rotatable bonds is 1. The summed E-state index contributed by atoms with van der Waals surface area (Å²) < 4.78 is 32.3. The molecule has 0 saturated carbocycles. The van der Waals surface area contributed by atoms with Gasteiger partial charge in [0.05, 0.1) is 4.90 Å². The Bertz CT molecular complexity index is 438. The minimum absolute atomic E-state index is 0. The van der Waals surface area contributed by atoms with Gasteiger partial charge in [0.1, 0.15) is 10.1 Å². The van der Waals surface area contributed by atoms with Crippen LogP contribution in [0, 0.1) is 20.8 Å². The third-order valence-corrected chi connectivity index (χ3v) is 3.04. The van der Waals surface area contributed by atoms with Crippen LogP contribution in [-0.4, -0.2) is 13.0 Å². The van der Waals surface area contributed by atoms with Gasteiger partial charge in [0, 0.05) is 0 Å². The summed E-state index contributed by atoms with van der Waals surface area (Å²) >= 11 is 0. The number of hydrogen-bond donors (Lipinski definition) is 0. The molecule has 1 rings (SSSR count). The van der Waals surface area contributed by atoms with Crippen molar-refractivity contribution < 1.29 is 31.8 Å². The fourth-order valence-corrected chi connectivity index (χ4v) is 1.98. The maximum Gasteiger partial charge on any atom is 1.00 e. The molecular formula is C9H11LiO3S. The zero-order valence-corrected chi connectivity index (χ0v) is 9.60. The molecule has 0 atom stereocenters. The third kappa shape index (κ3) is 2.86. The molecule has 0 amide bonds. The smallest absolute Gasteiger partial charge is 0.744 e. The van der Waals surface area contributed by atoms with E-state index in [-0.39, 0.29) is 23.8 Å². The average Bonchev–Trinajstić information content (AvgIpc) is 1.94. The molecule has 14 heavy (non-hydrogen) atoms. The van der Waals surface area contributed by atoms with Gasteiger partial charge in [-0.05, 0) is 43.5 Å². The number of benzene rings is 1. The largest absolute Gasteiger partial charge is 1.00 e. The summed E-state index contributed by atoms with van der Waals surface area (Å²) in [5.74, 6) is 0. The summed E-state index contributed by atoms with van der Waals surface area (Å²) in [6, 6.07) is 3.13. The molecule has 0 bridgehead atoms. The summed E-state index contributed by atoms with van der Waals surface area (Å²) in [6.07, 6.45) is 0. The molecule has 0 spiro atoms. The Morgan fingerprint density at radius 3 is 1.86 bits per heavy atom. The predicted molar refractivity (Wildman–Crippen MR) is 48.6 cm³/mol. The first-order valence-corrected chi connectivity index (χ1v) is 5.27. The van der Waals surface area contributed by atoms with Gasteiger partial charge < -0.3 is 4.55 Å². The van der Waals surface area contributed by atoms with E-state index < -0.39 is 10.1 Å². The quantitative estimate of drug-likeness (QED) is 0.416. The van der Waals surface area contributed by atoms with Crippen LogP contribution in [0.3, 0.4) is 0 Å².